The molecule has 3 aliphatic rings. The van der Waals surface area contributed by atoms with Crippen LogP contribution in [0.4, 0.5) is 0 Å². The molecule has 0 heterocycles. The minimum Gasteiger partial charge on any atom is -0.0726 e. The summed E-state index contributed by atoms with van der Waals surface area (Å²) in [7, 11) is 0. The van der Waals surface area contributed by atoms with Crippen LogP contribution in [0.2, 0.25) is 0 Å². The lowest BCUT2D eigenvalue weighted by atomic mass is 9.77. The van der Waals surface area contributed by atoms with Gasteiger partial charge >= 0.3 is 0 Å². The van der Waals surface area contributed by atoms with E-state index in [0.29, 0.717) is 5.92 Å². The van der Waals surface area contributed by atoms with Crippen LogP contribution in [0.5, 0.6) is 0 Å². The number of allylic oxidation sites excluding steroid dienone is 8. The summed E-state index contributed by atoms with van der Waals surface area (Å²) in [6.45, 7) is 4.56. The molecular weight excluding hydrogens is 396 g/mol. The highest BCUT2D eigenvalue weighted by atomic mass is 14.3. The first-order valence-corrected chi connectivity index (χ1v) is 13.2. The van der Waals surface area contributed by atoms with E-state index in [2.05, 4.69) is 92.8 Å². The average Bonchev–Trinajstić information content (AvgIpc) is 3.36. The van der Waals surface area contributed by atoms with Crippen molar-refractivity contribution in [1.29, 1.82) is 0 Å². The number of hydrogen-bond donors (Lipinski definition) is 0. The second-order valence-corrected chi connectivity index (χ2v) is 10.3. The third-order valence-corrected chi connectivity index (χ3v) is 8.14. The van der Waals surface area contributed by atoms with E-state index in [9.17, 15) is 0 Å². The molecule has 2 aromatic carbocycles. The lowest BCUT2D eigenvalue weighted by Crippen LogP contribution is -2.13. The van der Waals surface area contributed by atoms with Crippen LogP contribution in [-0.4, -0.2) is 0 Å². The van der Waals surface area contributed by atoms with E-state index in [1.807, 2.05) is 0 Å². The second-order valence-electron chi connectivity index (χ2n) is 10.3. The van der Waals surface area contributed by atoms with Gasteiger partial charge in [0.2, 0.25) is 0 Å². The molecule has 1 saturated carbocycles. The largest absolute Gasteiger partial charge is 0.0726 e. The van der Waals surface area contributed by atoms with E-state index in [1.54, 1.807) is 5.56 Å². The van der Waals surface area contributed by atoms with Crippen molar-refractivity contribution in [2.75, 3.05) is 0 Å². The Bertz CT molecular complexity index is 1080. The maximum Gasteiger partial charge on any atom is 0.0281 e. The maximum atomic E-state index is 2.42. The second kappa shape index (κ2) is 10.1. The highest BCUT2D eigenvalue weighted by Gasteiger charge is 2.26. The Morgan fingerprint density at radius 1 is 0.788 bits per heavy atom. The summed E-state index contributed by atoms with van der Waals surface area (Å²) in [6, 6.07) is 18.7. The Morgan fingerprint density at radius 3 is 2.36 bits per heavy atom. The zero-order valence-corrected chi connectivity index (χ0v) is 20.4. The molecule has 3 aliphatic carbocycles. The standard InChI is InChI=1S/C33H38/c1-3-7-25-12-16-27(17-13-25)28-18-14-26(15-19-28)23-30-20-21-32(33-11-6-10-31(30)33)29-9-5-8-24(4-2)22-29/h5-6,8-11,14-15,18-22,25,27,33H,3-4,7,12-13,16-17,23H2,1-2H3. The molecular formula is C33H38. The van der Waals surface area contributed by atoms with Crippen LogP contribution in [0, 0.1) is 11.8 Å². The molecule has 0 saturated heterocycles. The number of fused-ring (bicyclic) bond motifs is 1. The number of hydrogen-bond acceptors (Lipinski definition) is 0. The van der Waals surface area contributed by atoms with Crippen LogP contribution >= 0.6 is 0 Å². The van der Waals surface area contributed by atoms with Gasteiger partial charge in [0.05, 0.1) is 0 Å². The summed E-state index contributed by atoms with van der Waals surface area (Å²) in [5.74, 6) is 2.15. The third kappa shape index (κ3) is 4.86. The van der Waals surface area contributed by atoms with Crippen molar-refractivity contribution >= 4 is 5.57 Å². The molecule has 1 fully saturated rings. The van der Waals surface area contributed by atoms with E-state index in [-0.39, 0.29) is 0 Å². The molecule has 0 heteroatoms. The first kappa shape index (κ1) is 22.2. The van der Waals surface area contributed by atoms with E-state index in [4.69, 9.17) is 0 Å². The van der Waals surface area contributed by atoms with Crippen LogP contribution in [0.1, 0.15) is 80.5 Å². The van der Waals surface area contributed by atoms with Crippen LogP contribution in [0.15, 0.2) is 90.1 Å². The van der Waals surface area contributed by atoms with E-state index >= 15 is 0 Å². The van der Waals surface area contributed by atoms with Crippen molar-refractivity contribution in [2.45, 2.75) is 71.1 Å². The third-order valence-electron chi connectivity index (χ3n) is 8.14. The lowest BCUT2D eigenvalue weighted by molar-refractivity contribution is 0.308. The van der Waals surface area contributed by atoms with Crippen molar-refractivity contribution < 1.29 is 0 Å². The molecule has 0 aliphatic heterocycles. The van der Waals surface area contributed by atoms with Gasteiger partial charge in [-0.1, -0.05) is 106 Å². The normalized spacial score (nSPS) is 24.2. The minimum atomic E-state index is 0.398. The quantitative estimate of drug-likeness (QED) is 0.408. The van der Waals surface area contributed by atoms with Crippen LogP contribution in [0.3, 0.4) is 0 Å². The van der Waals surface area contributed by atoms with Gasteiger partial charge in [0.25, 0.3) is 0 Å². The van der Waals surface area contributed by atoms with Crippen LogP contribution < -0.4 is 0 Å². The SMILES string of the molecule is CCCC1CCC(c2ccc(CC3=CC=C(c4cccc(CC)c4)C4C=CC=C34)cc2)CC1. The van der Waals surface area contributed by atoms with Crippen LogP contribution in [0.25, 0.3) is 5.57 Å². The molecule has 170 valence electrons. The Balaban J connectivity index is 1.29. The molecule has 0 amide bonds. The summed E-state index contributed by atoms with van der Waals surface area (Å²) in [4.78, 5) is 0. The van der Waals surface area contributed by atoms with Crippen molar-refractivity contribution in [2.24, 2.45) is 11.8 Å². The lowest BCUT2D eigenvalue weighted by Gasteiger charge is -2.29. The summed E-state index contributed by atoms with van der Waals surface area (Å²) in [5, 5.41) is 0. The molecule has 0 aromatic heterocycles. The zero-order valence-electron chi connectivity index (χ0n) is 20.4. The smallest absolute Gasteiger partial charge is 0.0281 e. The monoisotopic (exact) mass is 434 g/mol. The minimum absolute atomic E-state index is 0.398. The Hall–Kier alpha value is -2.60. The van der Waals surface area contributed by atoms with Gasteiger partial charge in [-0.25, -0.2) is 0 Å². The van der Waals surface area contributed by atoms with Gasteiger partial charge in [0, 0.05) is 5.92 Å². The summed E-state index contributed by atoms with van der Waals surface area (Å²) in [6.07, 6.45) is 22.1. The fourth-order valence-corrected chi connectivity index (χ4v) is 6.17. The zero-order chi connectivity index (χ0) is 22.6. The van der Waals surface area contributed by atoms with Crippen LogP contribution in [-0.2, 0) is 12.8 Å². The highest BCUT2D eigenvalue weighted by molar-refractivity contribution is 5.78. The highest BCUT2D eigenvalue weighted by Crippen LogP contribution is 2.42. The molecule has 1 atom stereocenters. The molecule has 1 unspecified atom stereocenters. The summed E-state index contributed by atoms with van der Waals surface area (Å²) < 4.78 is 0. The topological polar surface area (TPSA) is 0 Å². The maximum absolute atomic E-state index is 2.42. The molecule has 5 rings (SSSR count). The number of aryl methyl sites for hydroxylation is 1. The fourth-order valence-electron chi connectivity index (χ4n) is 6.17. The number of benzene rings is 2. The molecule has 0 nitrogen and oxygen atoms in total. The van der Waals surface area contributed by atoms with Gasteiger partial charge in [-0.2, -0.15) is 0 Å². The van der Waals surface area contributed by atoms with Gasteiger partial charge in [0.1, 0.15) is 0 Å². The Kier molecular flexibility index (Phi) is 6.81. The predicted molar refractivity (Wildman–Crippen MR) is 142 cm³/mol. The van der Waals surface area contributed by atoms with Gasteiger partial charge < -0.3 is 0 Å². The molecule has 2 aromatic rings. The molecule has 0 bridgehead atoms. The Labute approximate surface area is 200 Å². The molecule has 0 N–H and O–H groups in total. The van der Waals surface area contributed by atoms with Crippen molar-refractivity contribution in [3.8, 4) is 0 Å². The van der Waals surface area contributed by atoms with Crippen molar-refractivity contribution in [3.05, 3.63) is 112 Å². The van der Waals surface area contributed by atoms with E-state index < -0.39 is 0 Å². The number of rotatable bonds is 7. The predicted octanol–water partition coefficient (Wildman–Crippen LogP) is 9.00. The average molecular weight is 435 g/mol. The first-order chi connectivity index (χ1) is 16.2. The molecule has 0 spiro atoms. The fraction of sp³-hybridized carbons (Fsp3) is 0.394. The van der Waals surface area contributed by atoms with Gasteiger partial charge in [-0.15, -0.1) is 0 Å². The van der Waals surface area contributed by atoms with E-state index in [1.165, 1.54) is 71.9 Å². The van der Waals surface area contributed by atoms with Gasteiger partial charge in [-0.05, 0) is 89.3 Å². The summed E-state index contributed by atoms with van der Waals surface area (Å²) in [5.41, 5.74) is 10.1. The van der Waals surface area contributed by atoms with Crippen molar-refractivity contribution in [3.63, 3.8) is 0 Å². The Morgan fingerprint density at radius 2 is 1.61 bits per heavy atom. The van der Waals surface area contributed by atoms with Gasteiger partial charge in [-0.3, -0.25) is 0 Å². The molecule has 33 heavy (non-hydrogen) atoms. The first-order valence-electron chi connectivity index (χ1n) is 13.2. The van der Waals surface area contributed by atoms with Gasteiger partial charge in [0.15, 0.2) is 0 Å². The van der Waals surface area contributed by atoms with Crippen molar-refractivity contribution in [1.82, 2.24) is 0 Å². The molecule has 0 radical (unpaired) electrons. The van der Waals surface area contributed by atoms with E-state index in [0.717, 1.165) is 24.7 Å². The summed E-state index contributed by atoms with van der Waals surface area (Å²) >= 11 is 0.